The largest absolute Gasteiger partial charge is 0.459 e. The number of piperazine rings is 1. The van der Waals surface area contributed by atoms with Crippen LogP contribution in [0.4, 0.5) is 11.6 Å². The molecule has 3 heterocycles. The molecular formula is C25H27N5O2. The summed E-state index contributed by atoms with van der Waals surface area (Å²) >= 11 is 0. The Kier molecular flexibility index (Phi) is 5.89. The molecule has 2 aliphatic heterocycles. The van der Waals surface area contributed by atoms with Gasteiger partial charge in [-0.05, 0) is 12.6 Å². The van der Waals surface area contributed by atoms with Gasteiger partial charge in [0.2, 0.25) is 12.7 Å². The molecule has 0 bridgehead atoms. The number of likely N-dealkylation sites (N-methyl/N-ethyl adjacent to an activating group) is 1. The zero-order valence-corrected chi connectivity index (χ0v) is 18.2. The number of hydrogen-bond donors (Lipinski definition) is 0. The highest BCUT2D eigenvalue weighted by Gasteiger charge is 2.24. The van der Waals surface area contributed by atoms with Gasteiger partial charge in [0.1, 0.15) is 17.9 Å². The minimum absolute atomic E-state index is 0.211. The van der Waals surface area contributed by atoms with Crippen molar-refractivity contribution in [1.29, 1.82) is 0 Å². The summed E-state index contributed by atoms with van der Waals surface area (Å²) in [5.41, 5.74) is 2.15. The molecule has 1 saturated heterocycles. The molecule has 0 atom stereocenters. The molecule has 3 aromatic rings. The normalized spacial score (nSPS) is 16.3. The van der Waals surface area contributed by atoms with Gasteiger partial charge < -0.3 is 19.3 Å². The second-order valence-electron chi connectivity index (χ2n) is 8.02. The molecule has 0 unspecified atom stereocenters. The molecule has 7 nitrogen and oxygen atoms in total. The summed E-state index contributed by atoms with van der Waals surface area (Å²) in [6.07, 6.45) is 1.66. The van der Waals surface area contributed by atoms with Crippen molar-refractivity contribution in [2.24, 2.45) is 0 Å². The van der Waals surface area contributed by atoms with Gasteiger partial charge in [-0.1, -0.05) is 60.7 Å². The molecule has 164 valence electrons. The van der Waals surface area contributed by atoms with Gasteiger partial charge in [-0.15, -0.1) is 0 Å². The number of aromatic nitrogens is 2. The lowest BCUT2D eigenvalue weighted by atomic mass is 10.2. The van der Waals surface area contributed by atoms with Crippen LogP contribution in [0.25, 0.3) is 11.4 Å². The Hall–Kier alpha value is -3.58. The van der Waals surface area contributed by atoms with Gasteiger partial charge in [0.05, 0.1) is 6.54 Å². The molecule has 2 aliphatic rings. The van der Waals surface area contributed by atoms with Crippen molar-refractivity contribution in [1.82, 2.24) is 14.9 Å². The summed E-state index contributed by atoms with van der Waals surface area (Å²) in [5, 5.41) is 0. The molecule has 2 aromatic carbocycles. The first-order valence-electron chi connectivity index (χ1n) is 10.9. The van der Waals surface area contributed by atoms with Crippen LogP contribution < -0.4 is 9.80 Å². The molecule has 0 spiro atoms. The van der Waals surface area contributed by atoms with Gasteiger partial charge in [0.15, 0.2) is 5.82 Å². The van der Waals surface area contributed by atoms with Gasteiger partial charge in [0.25, 0.3) is 0 Å². The van der Waals surface area contributed by atoms with Crippen LogP contribution >= 0.6 is 0 Å². The molecule has 0 N–H and O–H groups in total. The van der Waals surface area contributed by atoms with E-state index < -0.39 is 0 Å². The summed E-state index contributed by atoms with van der Waals surface area (Å²) in [7, 11) is 2.16. The predicted molar refractivity (Wildman–Crippen MR) is 125 cm³/mol. The van der Waals surface area contributed by atoms with Gasteiger partial charge in [-0.2, -0.15) is 0 Å². The van der Waals surface area contributed by atoms with Gasteiger partial charge in [0, 0.05) is 37.8 Å². The van der Waals surface area contributed by atoms with E-state index in [-0.39, 0.29) is 6.79 Å². The minimum Gasteiger partial charge on any atom is -0.459 e. The predicted octanol–water partition coefficient (Wildman–Crippen LogP) is 3.71. The Balaban J connectivity index is 1.57. The van der Waals surface area contributed by atoms with Crippen LogP contribution in [0.2, 0.25) is 0 Å². The summed E-state index contributed by atoms with van der Waals surface area (Å²) in [5.74, 6) is 3.07. The Morgan fingerprint density at radius 2 is 1.62 bits per heavy atom. The fraction of sp³-hybridized carbons (Fsp3) is 0.280. The topological polar surface area (TPSA) is 54.0 Å². The quantitative estimate of drug-likeness (QED) is 0.592. The molecule has 0 radical (unpaired) electrons. The first-order valence-corrected chi connectivity index (χ1v) is 10.9. The van der Waals surface area contributed by atoms with Crippen molar-refractivity contribution in [3.8, 4) is 11.4 Å². The maximum absolute atomic E-state index is 5.77. The third kappa shape index (κ3) is 4.53. The Morgan fingerprint density at radius 3 is 2.31 bits per heavy atom. The molecule has 0 aliphatic carbocycles. The van der Waals surface area contributed by atoms with Crippen molar-refractivity contribution in [3.05, 3.63) is 84.4 Å². The Labute approximate surface area is 188 Å². The fourth-order valence-electron chi connectivity index (χ4n) is 3.89. The van der Waals surface area contributed by atoms with E-state index in [1.165, 1.54) is 0 Å². The highest BCUT2D eigenvalue weighted by Crippen LogP contribution is 2.29. The lowest BCUT2D eigenvalue weighted by molar-refractivity contribution is 0.0781. The lowest BCUT2D eigenvalue weighted by Gasteiger charge is -2.34. The van der Waals surface area contributed by atoms with Crippen molar-refractivity contribution in [2.45, 2.75) is 6.54 Å². The second kappa shape index (κ2) is 9.28. The van der Waals surface area contributed by atoms with Crippen molar-refractivity contribution >= 4 is 11.6 Å². The standard InChI is InChI=1S/C25H27N5O2/c1-28-12-14-29(15-13-28)22-16-23(27-25(26-22)21-10-6-3-7-11-21)30(24-18-31-19-32-24)17-20-8-4-2-5-9-20/h2-11,16,18H,12-15,17,19H2,1H3. The summed E-state index contributed by atoms with van der Waals surface area (Å²) < 4.78 is 11.2. The maximum Gasteiger partial charge on any atom is 0.234 e. The van der Waals surface area contributed by atoms with E-state index in [2.05, 4.69) is 39.9 Å². The zero-order valence-electron chi connectivity index (χ0n) is 18.2. The maximum atomic E-state index is 5.77. The van der Waals surface area contributed by atoms with Crippen LogP contribution in [-0.2, 0) is 16.0 Å². The highest BCUT2D eigenvalue weighted by atomic mass is 16.7. The molecule has 0 saturated carbocycles. The van der Waals surface area contributed by atoms with Crippen LogP contribution in [0, 0.1) is 0 Å². The smallest absolute Gasteiger partial charge is 0.234 e. The zero-order chi connectivity index (χ0) is 21.8. The number of benzene rings is 2. The molecule has 5 rings (SSSR count). The van der Waals surface area contributed by atoms with Crippen LogP contribution in [0.1, 0.15) is 5.56 Å². The number of rotatable bonds is 6. The Morgan fingerprint density at radius 1 is 0.906 bits per heavy atom. The van der Waals surface area contributed by atoms with Crippen LogP contribution in [0.15, 0.2) is 78.9 Å². The lowest BCUT2D eigenvalue weighted by Crippen LogP contribution is -2.45. The van der Waals surface area contributed by atoms with E-state index >= 15 is 0 Å². The van der Waals surface area contributed by atoms with E-state index in [0.717, 1.165) is 48.9 Å². The van der Waals surface area contributed by atoms with Crippen LogP contribution in [0.5, 0.6) is 0 Å². The molecular weight excluding hydrogens is 402 g/mol. The van der Waals surface area contributed by atoms with Crippen molar-refractivity contribution in [2.75, 3.05) is 49.8 Å². The number of nitrogens with zero attached hydrogens (tertiary/aromatic N) is 5. The first kappa shape index (κ1) is 20.3. The minimum atomic E-state index is 0.211. The SMILES string of the molecule is CN1CCN(c2cc(N(Cc3ccccc3)C3=COCO3)nc(-c3ccccc3)n2)CC1. The van der Waals surface area contributed by atoms with Gasteiger partial charge in [-0.3, -0.25) is 4.90 Å². The molecule has 1 fully saturated rings. The van der Waals surface area contributed by atoms with Crippen LogP contribution in [0.3, 0.4) is 0 Å². The number of hydrogen-bond acceptors (Lipinski definition) is 7. The van der Waals surface area contributed by atoms with E-state index in [1.807, 2.05) is 48.5 Å². The van der Waals surface area contributed by atoms with Crippen LogP contribution in [-0.4, -0.2) is 54.9 Å². The van der Waals surface area contributed by atoms with Crippen molar-refractivity contribution in [3.63, 3.8) is 0 Å². The Bertz CT molecular complexity index is 1070. The summed E-state index contributed by atoms with van der Waals surface area (Å²) in [6, 6.07) is 22.5. The molecule has 7 heteroatoms. The number of ether oxygens (including phenoxy) is 2. The third-order valence-corrected chi connectivity index (χ3v) is 5.74. The molecule has 32 heavy (non-hydrogen) atoms. The summed E-state index contributed by atoms with van der Waals surface area (Å²) in [6.45, 7) is 4.71. The fourth-order valence-corrected chi connectivity index (χ4v) is 3.89. The average molecular weight is 430 g/mol. The average Bonchev–Trinajstić information content (AvgIpc) is 3.39. The second-order valence-corrected chi connectivity index (χ2v) is 8.02. The van der Waals surface area contributed by atoms with E-state index in [0.29, 0.717) is 18.3 Å². The van der Waals surface area contributed by atoms with E-state index in [1.54, 1.807) is 6.26 Å². The van der Waals surface area contributed by atoms with Crippen molar-refractivity contribution < 1.29 is 9.47 Å². The summed E-state index contributed by atoms with van der Waals surface area (Å²) in [4.78, 5) is 16.6. The molecule has 0 amide bonds. The van der Waals surface area contributed by atoms with E-state index in [9.17, 15) is 0 Å². The van der Waals surface area contributed by atoms with E-state index in [4.69, 9.17) is 19.4 Å². The molecule has 1 aromatic heterocycles. The number of anilines is 2. The third-order valence-electron chi connectivity index (χ3n) is 5.74. The highest BCUT2D eigenvalue weighted by molar-refractivity contribution is 5.63. The van der Waals surface area contributed by atoms with Gasteiger partial charge in [-0.25, -0.2) is 9.97 Å². The first-order chi connectivity index (χ1) is 15.8. The van der Waals surface area contributed by atoms with Gasteiger partial charge >= 0.3 is 0 Å². The monoisotopic (exact) mass is 429 g/mol.